The predicted octanol–water partition coefficient (Wildman–Crippen LogP) is 2.84. The minimum absolute atomic E-state index is 0.107. The summed E-state index contributed by atoms with van der Waals surface area (Å²) in [6.45, 7) is 5.13. The molecule has 0 spiro atoms. The molecule has 3 aromatic heterocycles. The van der Waals surface area contributed by atoms with Crippen molar-refractivity contribution in [3.63, 3.8) is 0 Å². The Labute approximate surface area is 209 Å². The van der Waals surface area contributed by atoms with Gasteiger partial charge in [0.15, 0.2) is 5.82 Å². The first-order chi connectivity index (χ1) is 17.5. The molecule has 0 unspecified atom stereocenters. The summed E-state index contributed by atoms with van der Waals surface area (Å²) < 4.78 is 6.99. The Balaban J connectivity index is 1.29. The molecule has 186 valence electrons. The van der Waals surface area contributed by atoms with E-state index in [9.17, 15) is 4.79 Å². The Kier molecular flexibility index (Phi) is 6.77. The van der Waals surface area contributed by atoms with Crippen LogP contribution in [0.5, 0.6) is 0 Å². The van der Waals surface area contributed by atoms with Crippen molar-refractivity contribution in [3.8, 4) is 0 Å². The summed E-state index contributed by atoms with van der Waals surface area (Å²) in [5.74, 6) is 1.83. The standard InChI is InChI=1S/C26H30N8O2/c1-17-11-21-19(7-8-28-24(21)27)12-20(17)14-30-26(35)25-31-23(16-36-2)34(32-25)15-18-5-6-22(29-13-18)33-9-3-4-10-33/h5-8,11-13H,3-4,9-10,14-16H2,1-2H3,(H2,27,28)(H,30,35). The lowest BCUT2D eigenvalue weighted by Gasteiger charge is -2.16. The van der Waals surface area contributed by atoms with Gasteiger partial charge in [-0.2, -0.15) is 0 Å². The number of hydrogen-bond acceptors (Lipinski definition) is 8. The lowest BCUT2D eigenvalue weighted by atomic mass is 10.0. The molecule has 36 heavy (non-hydrogen) atoms. The smallest absolute Gasteiger partial charge is 0.291 e. The molecule has 10 nitrogen and oxygen atoms in total. The van der Waals surface area contributed by atoms with E-state index in [1.807, 2.05) is 43.5 Å². The first-order valence-electron chi connectivity index (χ1n) is 12.1. The fourth-order valence-electron chi connectivity index (χ4n) is 4.49. The zero-order valence-electron chi connectivity index (χ0n) is 20.6. The number of benzene rings is 1. The molecule has 0 atom stereocenters. The molecule has 1 aromatic carbocycles. The van der Waals surface area contributed by atoms with Crippen molar-refractivity contribution in [2.75, 3.05) is 30.8 Å². The van der Waals surface area contributed by atoms with Crippen LogP contribution >= 0.6 is 0 Å². The van der Waals surface area contributed by atoms with Gasteiger partial charge in [0, 0.05) is 44.5 Å². The van der Waals surface area contributed by atoms with Gasteiger partial charge in [-0.25, -0.2) is 19.6 Å². The maximum absolute atomic E-state index is 12.9. The van der Waals surface area contributed by atoms with Crippen LogP contribution in [0.2, 0.25) is 0 Å². The highest BCUT2D eigenvalue weighted by Gasteiger charge is 2.18. The van der Waals surface area contributed by atoms with Crippen LogP contribution in [0.15, 0.2) is 42.7 Å². The summed E-state index contributed by atoms with van der Waals surface area (Å²) in [7, 11) is 1.59. The van der Waals surface area contributed by atoms with Crippen molar-refractivity contribution in [2.45, 2.75) is 39.5 Å². The van der Waals surface area contributed by atoms with E-state index in [4.69, 9.17) is 10.5 Å². The number of nitrogens with zero attached hydrogens (tertiary/aromatic N) is 6. The van der Waals surface area contributed by atoms with E-state index in [0.29, 0.717) is 24.7 Å². The van der Waals surface area contributed by atoms with Gasteiger partial charge in [-0.15, -0.1) is 5.10 Å². The molecule has 5 rings (SSSR count). The first kappa shape index (κ1) is 23.7. The van der Waals surface area contributed by atoms with E-state index < -0.39 is 0 Å². The highest BCUT2D eigenvalue weighted by Crippen LogP contribution is 2.23. The highest BCUT2D eigenvalue weighted by atomic mass is 16.5. The van der Waals surface area contributed by atoms with Gasteiger partial charge in [-0.1, -0.05) is 6.07 Å². The van der Waals surface area contributed by atoms with Gasteiger partial charge in [0.25, 0.3) is 5.91 Å². The van der Waals surface area contributed by atoms with E-state index in [1.165, 1.54) is 12.8 Å². The Hall–Kier alpha value is -4.05. The van der Waals surface area contributed by atoms with Crippen LogP contribution in [0.3, 0.4) is 0 Å². The van der Waals surface area contributed by atoms with Crippen LogP contribution < -0.4 is 16.0 Å². The molecule has 1 fully saturated rings. The molecular weight excluding hydrogens is 456 g/mol. The highest BCUT2D eigenvalue weighted by molar-refractivity contribution is 5.92. The van der Waals surface area contributed by atoms with Gasteiger partial charge in [0.1, 0.15) is 18.2 Å². The van der Waals surface area contributed by atoms with Crippen LogP contribution in [0.25, 0.3) is 10.8 Å². The molecule has 0 saturated carbocycles. The number of nitrogen functional groups attached to an aromatic ring is 1. The lowest BCUT2D eigenvalue weighted by molar-refractivity contribution is 0.0940. The fraction of sp³-hybridized carbons (Fsp3) is 0.346. The van der Waals surface area contributed by atoms with Gasteiger partial charge >= 0.3 is 0 Å². The Morgan fingerprint density at radius 3 is 2.75 bits per heavy atom. The molecule has 1 aliphatic heterocycles. The molecule has 1 aliphatic rings. The molecule has 4 heterocycles. The predicted molar refractivity (Wildman–Crippen MR) is 138 cm³/mol. The van der Waals surface area contributed by atoms with Crippen LogP contribution in [-0.2, 0) is 24.4 Å². The largest absolute Gasteiger partial charge is 0.383 e. The molecule has 0 bridgehead atoms. The number of anilines is 2. The van der Waals surface area contributed by atoms with Crippen LogP contribution in [-0.4, -0.2) is 50.8 Å². The Bertz CT molecular complexity index is 1380. The number of carbonyl (C=O) groups is 1. The summed E-state index contributed by atoms with van der Waals surface area (Å²) in [5.41, 5.74) is 8.98. The fourth-order valence-corrected chi connectivity index (χ4v) is 4.49. The molecule has 0 aliphatic carbocycles. The number of fused-ring (bicyclic) bond motifs is 1. The summed E-state index contributed by atoms with van der Waals surface area (Å²) >= 11 is 0. The van der Waals surface area contributed by atoms with Crippen molar-refractivity contribution in [3.05, 3.63) is 71.1 Å². The van der Waals surface area contributed by atoms with Crippen LogP contribution in [0.1, 0.15) is 46.0 Å². The van der Waals surface area contributed by atoms with E-state index in [2.05, 4.69) is 30.3 Å². The van der Waals surface area contributed by atoms with E-state index in [1.54, 1.807) is 18.0 Å². The summed E-state index contributed by atoms with van der Waals surface area (Å²) in [5, 5.41) is 9.29. The summed E-state index contributed by atoms with van der Waals surface area (Å²) in [4.78, 5) is 28.4. The van der Waals surface area contributed by atoms with E-state index in [-0.39, 0.29) is 18.3 Å². The summed E-state index contributed by atoms with van der Waals surface area (Å²) in [6.07, 6.45) is 5.95. The zero-order chi connectivity index (χ0) is 25.1. The van der Waals surface area contributed by atoms with Crippen LogP contribution in [0.4, 0.5) is 11.6 Å². The van der Waals surface area contributed by atoms with E-state index >= 15 is 0 Å². The monoisotopic (exact) mass is 486 g/mol. The maximum atomic E-state index is 12.9. The third-order valence-electron chi connectivity index (χ3n) is 6.49. The average molecular weight is 487 g/mol. The minimum Gasteiger partial charge on any atom is -0.383 e. The molecule has 1 saturated heterocycles. The quantitative estimate of drug-likeness (QED) is 0.390. The number of pyridine rings is 2. The molecule has 1 amide bonds. The number of nitrogens with two attached hydrogens (primary N) is 1. The van der Waals surface area contributed by atoms with Crippen molar-refractivity contribution in [2.24, 2.45) is 0 Å². The van der Waals surface area contributed by atoms with Crippen LogP contribution in [0, 0.1) is 6.92 Å². The zero-order valence-corrected chi connectivity index (χ0v) is 20.6. The van der Waals surface area contributed by atoms with Gasteiger partial charge in [0.05, 0.1) is 6.54 Å². The van der Waals surface area contributed by atoms with Gasteiger partial charge < -0.3 is 20.7 Å². The number of ether oxygens (including phenoxy) is 1. The number of methoxy groups -OCH3 is 1. The second kappa shape index (κ2) is 10.3. The van der Waals surface area contributed by atoms with Crippen molar-refractivity contribution in [1.82, 2.24) is 30.0 Å². The molecule has 3 N–H and O–H groups in total. The lowest BCUT2D eigenvalue weighted by Crippen LogP contribution is -2.24. The van der Waals surface area contributed by atoms with Gasteiger partial charge in [0.2, 0.25) is 5.82 Å². The minimum atomic E-state index is -0.345. The van der Waals surface area contributed by atoms with Crippen molar-refractivity contribution >= 4 is 28.3 Å². The summed E-state index contributed by atoms with van der Waals surface area (Å²) in [6, 6.07) is 10.00. The van der Waals surface area contributed by atoms with E-state index in [0.717, 1.165) is 46.4 Å². The third kappa shape index (κ3) is 4.99. The number of amides is 1. The first-order valence-corrected chi connectivity index (χ1v) is 12.1. The second-order valence-electron chi connectivity index (χ2n) is 9.04. The number of hydrogen-bond donors (Lipinski definition) is 2. The normalized spacial score (nSPS) is 13.4. The molecule has 10 heteroatoms. The van der Waals surface area contributed by atoms with Gasteiger partial charge in [-0.3, -0.25) is 4.79 Å². The Morgan fingerprint density at radius 1 is 1.17 bits per heavy atom. The second-order valence-corrected chi connectivity index (χ2v) is 9.04. The van der Waals surface area contributed by atoms with Crippen molar-refractivity contribution < 1.29 is 9.53 Å². The average Bonchev–Trinajstić information content (AvgIpc) is 3.55. The maximum Gasteiger partial charge on any atom is 0.291 e. The number of nitrogens with one attached hydrogen (secondary N) is 1. The number of aryl methyl sites for hydroxylation is 1. The molecule has 0 radical (unpaired) electrons. The Morgan fingerprint density at radius 2 is 2.00 bits per heavy atom. The molecular formula is C26H30N8O2. The SMILES string of the molecule is COCc1nc(C(=O)NCc2cc3ccnc(N)c3cc2C)nn1Cc1ccc(N2CCCC2)nc1. The molecule has 4 aromatic rings. The number of aromatic nitrogens is 5. The van der Waals surface area contributed by atoms with Crippen molar-refractivity contribution in [1.29, 1.82) is 0 Å². The number of rotatable bonds is 8. The van der Waals surface area contributed by atoms with Gasteiger partial charge in [-0.05, 0) is 66.1 Å². The topological polar surface area (TPSA) is 124 Å². The number of carbonyl (C=O) groups excluding carboxylic acids is 1. The third-order valence-corrected chi connectivity index (χ3v) is 6.49.